The van der Waals surface area contributed by atoms with Crippen molar-refractivity contribution in [3.05, 3.63) is 27.5 Å². The third-order valence-electron chi connectivity index (χ3n) is 3.09. The minimum absolute atomic E-state index is 0.130. The number of carboxylic acids is 1. The normalized spacial score (nSPS) is 19.3. The fourth-order valence-corrected chi connectivity index (χ4v) is 2.62. The van der Waals surface area contributed by atoms with Crippen molar-refractivity contribution in [3.8, 4) is 0 Å². The minimum atomic E-state index is -0.865. The Hall–Kier alpha value is -1.14. The molecule has 0 aliphatic carbocycles. The summed E-state index contributed by atoms with van der Waals surface area (Å²) in [5, 5.41) is 9.15. The van der Waals surface area contributed by atoms with Crippen LogP contribution in [0.3, 0.4) is 0 Å². The van der Waals surface area contributed by atoms with E-state index < -0.39 is 11.9 Å². The van der Waals surface area contributed by atoms with Crippen LogP contribution in [0.15, 0.2) is 16.7 Å². The van der Waals surface area contributed by atoms with E-state index in [0.29, 0.717) is 29.4 Å². The Bertz CT molecular complexity index is 524. The van der Waals surface area contributed by atoms with Gasteiger partial charge in [-0.05, 0) is 34.8 Å². The molecule has 102 valence electrons. The van der Waals surface area contributed by atoms with E-state index in [1.807, 2.05) is 0 Å². The summed E-state index contributed by atoms with van der Waals surface area (Å²) in [4.78, 5) is 28.8. The molecule has 2 rings (SSSR count). The van der Waals surface area contributed by atoms with Crippen molar-refractivity contribution in [2.45, 2.75) is 12.8 Å². The van der Waals surface area contributed by atoms with Gasteiger partial charge in [0.05, 0.1) is 11.5 Å². The molecule has 0 radical (unpaired) electrons. The second kappa shape index (κ2) is 5.88. The number of amides is 1. The number of rotatable bonds is 2. The van der Waals surface area contributed by atoms with Gasteiger partial charge in [0.25, 0.3) is 5.91 Å². The molecule has 1 aromatic heterocycles. The van der Waals surface area contributed by atoms with Gasteiger partial charge in [0, 0.05) is 23.8 Å². The lowest BCUT2D eigenvalue weighted by atomic mass is 9.98. The highest BCUT2D eigenvalue weighted by molar-refractivity contribution is 9.10. The van der Waals surface area contributed by atoms with Gasteiger partial charge in [-0.2, -0.15) is 0 Å². The third kappa shape index (κ3) is 3.25. The zero-order chi connectivity index (χ0) is 14.0. The van der Waals surface area contributed by atoms with Crippen LogP contribution in [0.25, 0.3) is 0 Å². The van der Waals surface area contributed by atoms with Crippen LogP contribution in [0.2, 0.25) is 5.15 Å². The van der Waals surface area contributed by atoms with E-state index in [-0.39, 0.29) is 17.6 Å². The molecule has 0 saturated carbocycles. The Kier molecular flexibility index (Phi) is 4.42. The van der Waals surface area contributed by atoms with Crippen molar-refractivity contribution < 1.29 is 14.7 Å². The molecule has 1 amide bonds. The lowest BCUT2D eigenvalue weighted by Gasteiger charge is -2.30. The first kappa shape index (κ1) is 14.3. The largest absolute Gasteiger partial charge is 0.481 e. The first-order valence-corrected chi connectivity index (χ1v) is 6.99. The first-order chi connectivity index (χ1) is 8.99. The molecule has 1 atom stereocenters. The second-order valence-electron chi connectivity index (χ2n) is 4.42. The molecule has 1 fully saturated rings. The van der Waals surface area contributed by atoms with Crippen LogP contribution in [0.1, 0.15) is 23.2 Å². The number of nitrogens with zero attached hydrogens (tertiary/aromatic N) is 2. The number of halogens is 2. The van der Waals surface area contributed by atoms with Crippen molar-refractivity contribution in [1.29, 1.82) is 0 Å². The van der Waals surface area contributed by atoms with Gasteiger partial charge in [0.2, 0.25) is 0 Å². The maximum absolute atomic E-state index is 12.3. The second-order valence-corrected chi connectivity index (χ2v) is 5.69. The highest BCUT2D eigenvalue weighted by atomic mass is 79.9. The van der Waals surface area contributed by atoms with Gasteiger partial charge >= 0.3 is 5.97 Å². The van der Waals surface area contributed by atoms with Crippen molar-refractivity contribution in [3.63, 3.8) is 0 Å². The number of hydrogen-bond donors (Lipinski definition) is 1. The molecule has 5 nitrogen and oxygen atoms in total. The van der Waals surface area contributed by atoms with E-state index in [1.54, 1.807) is 6.07 Å². The predicted molar refractivity (Wildman–Crippen MR) is 73.2 cm³/mol. The molecule has 1 saturated heterocycles. The summed E-state index contributed by atoms with van der Waals surface area (Å²) in [7, 11) is 0. The molecule has 0 unspecified atom stereocenters. The van der Waals surface area contributed by atoms with Crippen molar-refractivity contribution in [1.82, 2.24) is 9.88 Å². The number of carboxylic acid groups (broad SMARTS) is 1. The topological polar surface area (TPSA) is 70.5 Å². The summed E-state index contributed by atoms with van der Waals surface area (Å²) in [6.07, 6.45) is 2.79. The van der Waals surface area contributed by atoms with E-state index in [4.69, 9.17) is 16.7 Å². The van der Waals surface area contributed by atoms with Crippen LogP contribution in [-0.2, 0) is 4.79 Å². The van der Waals surface area contributed by atoms with E-state index >= 15 is 0 Å². The SMILES string of the molecule is O=C(O)[C@H]1CCCN(C(=O)c2cc(Br)cnc2Cl)C1. The number of carbonyl (C=O) groups is 2. The highest BCUT2D eigenvalue weighted by Gasteiger charge is 2.29. The van der Waals surface area contributed by atoms with Crippen molar-refractivity contribution >= 4 is 39.4 Å². The van der Waals surface area contributed by atoms with Gasteiger partial charge < -0.3 is 10.0 Å². The van der Waals surface area contributed by atoms with Crippen LogP contribution in [-0.4, -0.2) is 40.0 Å². The number of piperidine rings is 1. The summed E-state index contributed by atoms with van der Waals surface area (Å²) in [5.41, 5.74) is 0.294. The van der Waals surface area contributed by atoms with Gasteiger partial charge in [0.15, 0.2) is 0 Å². The van der Waals surface area contributed by atoms with Gasteiger partial charge in [-0.1, -0.05) is 11.6 Å². The van der Waals surface area contributed by atoms with Crippen LogP contribution in [0.4, 0.5) is 0 Å². The maximum Gasteiger partial charge on any atom is 0.308 e. The van der Waals surface area contributed by atoms with Gasteiger partial charge in [0.1, 0.15) is 5.15 Å². The average Bonchev–Trinajstić information content (AvgIpc) is 2.41. The standard InChI is InChI=1S/C12H12BrClN2O3/c13-8-4-9(10(14)15-5-8)11(17)16-3-1-2-7(6-16)12(18)19/h4-5,7H,1-3,6H2,(H,18,19)/t7-/m0/s1. The smallest absolute Gasteiger partial charge is 0.308 e. The predicted octanol–water partition coefficient (Wildman–Crippen LogP) is 2.43. The monoisotopic (exact) mass is 346 g/mol. The summed E-state index contributed by atoms with van der Waals surface area (Å²) < 4.78 is 0.659. The number of pyridine rings is 1. The van der Waals surface area contributed by atoms with Crippen molar-refractivity contribution in [2.75, 3.05) is 13.1 Å². The number of likely N-dealkylation sites (tertiary alicyclic amines) is 1. The molecule has 1 aliphatic rings. The lowest BCUT2D eigenvalue weighted by Crippen LogP contribution is -2.42. The van der Waals surface area contributed by atoms with Gasteiger partial charge in [-0.25, -0.2) is 4.98 Å². The molecule has 19 heavy (non-hydrogen) atoms. The average molecular weight is 348 g/mol. The number of aliphatic carboxylic acids is 1. The Morgan fingerprint density at radius 3 is 2.95 bits per heavy atom. The molecule has 1 N–H and O–H groups in total. The molecule has 7 heteroatoms. The Morgan fingerprint density at radius 1 is 1.53 bits per heavy atom. The summed E-state index contributed by atoms with van der Waals surface area (Å²) >= 11 is 9.15. The zero-order valence-electron chi connectivity index (χ0n) is 9.97. The quantitative estimate of drug-likeness (QED) is 0.834. The fourth-order valence-electron chi connectivity index (χ4n) is 2.11. The molecule has 2 heterocycles. The van der Waals surface area contributed by atoms with Gasteiger partial charge in [-0.3, -0.25) is 9.59 Å². The van der Waals surface area contributed by atoms with E-state index in [9.17, 15) is 9.59 Å². The van der Waals surface area contributed by atoms with Gasteiger partial charge in [-0.15, -0.1) is 0 Å². The van der Waals surface area contributed by atoms with Crippen LogP contribution in [0, 0.1) is 5.92 Å². The summed E-state index contributed by atoms with van der Waals surface area (Å²) in [6.45, 7) is 0.766. The van der Waals surface area contributed by atoms with Crippen LogP contribution in [0.5, 0.6) is 0 Å². The Morgan fingerprint density at radius 2 is 2.26 bits per heavy atom. The Labute approximate surface area is 123 Å². The molecule has 0 bridgehead atoms. The first-order valence-electron chi connectivity index (χ1n) is 5.82. The molecule has 0 spiro atoms. The zero-order valence-corrected chi connectivity index (χ0v) is 12.3. The number of aromatic nitrogens is 1. The lowest BCUT2D eigenvalue weighted by molar-refractivity contribution is -0.143. The van der Waals surface area contributed by atoms with Crippen molar-refractivity contribution in [2.24, 2.45) is 5.92 Å². The summed E-state index contributed by atoms with van der Waals surface area (Å²) in [5.74, 6) is -1.64. The van der Waals surface area contributed by atoms with Crippen LogP contribution < -0.4 is 0 Å². The number of hydrogen-bond acceptors (Lipinski definition) is 3. The fraction of sp³-hybridized carbons (Fsp3) is 0.417. The number of carbonyl (C=O) groups excluding carboxylic acids is 1. The minimum Gasteiger partial charge on any atom is -0.481 e. The summed E-state index contributed by atoms with van der Waals surface area (Å²) in [6, 6.07) is 1.60. The molecule has 1 aromatic rings. The third-order valence-corrected chi connectivity index (χ3v) is 3.83. The molecule has 0 aromatic carbocycles. The van der Waals surface area contributed by atoms with E-state index in [1.165, 1.54) is 11.1 Å². The molecular formula is C12H12BrClN2O3. The Balaban J connectivity index is 2.19. The van der Waals surface area contributed by atoms with E-state index in [2.05, 4.69) is 20.9 Å². The maximum atomic E-state index is 12.3. The van der Waals surface area contributed by atoms with E-state index in [0.717, 1.165) is 0 Å². The molecule has 1 aliphatic heterocycles. The molecular weight excluding hydrogens is 336 g/mol. The van der Waals surface area contributed by atoms with Crippen LogP contribution >= 0.6 is 27.5 Å². The highest BCUT2D eigenvalue weighted by Crippen LogP contribution is 2.23.